The first kappa shape index (κ1) is 19.0. The molecule has 140 valence electrons. The van der Waals surface area contributed by atoms with Gasteiger partial charge in [0.1, 0.15) is 17.2 Å². The molecule has 9 heteroatoms. The predicted molar refractivity (Wildman–Crippen MR) is 123 cm³/mol. The molecule has 2 N–H and O–H groups in total. The minimum atomic E-state index is 0.0528. The number of hydrogen-bond acceptors (Lipinski definition) is 5. The molecule has 1 saturated carbocycles. The molecule has 0 radical (unpaired) electrons. The van der Waals surface area contributed by atoms with E-state index in [2.05, 4.69) is 54.3 Å². The fraction of sp³-hybridized carbons (Fsp3) is 0.278. The zero-order valence-electron chi connectivity index (χ0n) is 14.9. The van der Waals surface area contributed by atoms with Crippen LogP contribution in [0.1, 0.15) is 18.7 Å². The van der Waals surface area contributed by atoms with Gasteiger partial charge >= 0.3 is 0 Å². The molecule has 4 rings (SSSR count). The van der Waals surface area contributed by atoms with Crippen LogP contribution in [0.2, 0.25) is 0 Å². The number of nitrogens with zero attached hydrogens (tertiary/aromatic N) is 3. The molecule has 1 amide bonds. The van der Waals surface area contributed by atoms with E-state index in [4.69, 9.17) is 4.98 Å². The topological polar surface area (TPSA) is 71.8 Å². The average molecular weight is 511 g/mol. The van der Waals surface area contributed by atoms with Gasteiger partial charge in [-0.05, 0) is 60.2 Å². The second-order valence-electron chi connectivity index (χ2n) is 6.40. The number of pyridine rings is 1. The van der Waals surface area contributed by atoms with Crippen LogP contribution in [0, 0.1) is 12.8 Å². The summed E-state index contributed by atoms with van der Waals surface area (Å²) in [6, 6.07) is 10.0. The predicted octanol–water partition coefficient (Wildman–Crippen LogP) is 5.35. The summed E-state index contributed by atoms with van der Waals surface area (Å²) in [5.74, 6) is 1.67. The van der Waals surface area contributed by atoms with E-state index in [-0.39, 0.29) is 11.8 Å². The lowest BCUT2D eigenvalue weighted by Crippen LogP contribution is -2.14. The number of fused-ring (bicyclic) bond motifs is 1. The quantitative estimate of drug-likeness (QED) is 0.266. The molecular weight excluding hydrogens is 492 g/mol. The molecule has 2 aromatic heterocycles. The van der Waals surface area contributed by atoms with E-state index in [0.717, 1.165) is 46.1 Å². The van der Waals surface area contributed by atoms with E-state index in [1.54, 1.807) is 11.8 Å². The molecule has 2 heterocycles. The molecule has 3 aromatic rings. The maximum atomic E-state index is 12.2. The minimum Gasteiger partial charge on any atom is -0.353 e. The molecule has 27 heavy (non-hydrogen) atoms. The summed E-state index contributed by atoms with van der Waals surface area (Å²) in [6.07, 6.45) is 4.47. The van der Waals surface area contributed by atoms with Crippen molar-refractivity contribution in [1.82, 2.24) is 14.3 Å². The summed E-state index contributed by atoms with van der Waals surface area (Å²) >= 11 is 4.01. The zero-order chi connectivity index (χ0) is 19.0. The van der Waals surface area contributed by atoms with Crippen molar-refractivity contribution in [3.63, 3.8) is 0 Å². The van der Waals surface area contributed by atoms with Gasteiger partial charge in [0.25, 0.3) is 0 Å². The van der Waals surface area contributed by atoms with Crippen molar-refractivity contribution in [3.05, 3.63) is 36.2 Å². The maximum Gasteiger partial charge on any atom is 0.228 e. The van der Waals surface area contributed by atoms with Crippen molar-refractivity contribution in [3.8, 4) is 0 Å². The van der Waals surface area contributed by atoms with Gasteiger partial charge in [-0.3, -0.25) is 9.13 Å². The van der Waals surface area contributed by atoms with E-state index in [1.165, 1.54) is 0 Å². The van der Waals surface area contributed by atoms with Crippen molar-refractivity contribution < 1.29 is 4.79 Å². The fourth-order valence-electron chi connectivity index (χ4n) is 2.88. The van der Waals surface area contributed by atoms with Gasteiger partial charge in [-0.1, -0.05) is 12.1 Å². The number of halogens is 1. The molecule has 1 aromatic carbocycles. The van der Waals surface area contributed by atoms with Crippen molar-refractivity contribution in [2.45, 2.75) is 24.7 Å². The number of benzene rings is 1. The van der Waals surface area contributed by atoms with Gasteiger partial charge in [0.05, 0.1) is 17.7 Å². The summed E-state index contributed by atoms with van der Waals surface area (Å²) in [4.78, 5) is 22.8. The summed E-state index contributed by atoms with van der Waals surface area (Å²) in [6.45, 7) is 1.98. The molecule has 0 saturated heterocycles. The lowest BCUT2D eigenvalue weighted by atomic mass is 10.2. The first-order valence-electron chi connectivity index (χ1n) is 8.58. The monoisotopic (exact) mass is 511 g/mol. The van der Waals surface area contributed by atoms with Crippen LogP contribution in [0.25, 0.3) is 11.2 Å². The van der Waals surface area contributed by atoms with Crippen molar-refractivity contribution in [1.29, 1.82) is 0 Å². The Morgan fingerprint density at radius 1 is 1.30 bits per heavy atom. The number of rotatable bonds is 6. The lowest BCUT2D eigenvalue weighted by Gasteiger charge is -2.13. The third-order valence-electron chi connectivity index (χ3n) is 4.44. The van der Waals surface area contributed by atoms with Gasteiger partial charge in [0.2, 0.25) is 5.91 Å². The molecule has 0 bridgehead atoms. The number of para-hydroxylation sites is 1. The number of hydrogen-bond donors (Lipinski definition) is 2. The fourth-order valence-corrected chi connectivity index (χ4v) is 5.58. The highest BCUT2D eigenvalue weighted by Gasteiger charge is 2.30. The van der Waals surface area contributed by atoms with E-state index in [9.17, 15) is 4.79 Å². The number of aryl methyl sites for hydroxylation is 1. The van der Waals surface area contributed by atoms with E-state index < -0.39 is 0 Å². The van der Waals surface area contributed by atoms with Crippen LogP contribution in [-0.4, -0.2) is 26.5 Å². The Bertz CT molecular complexity index is 1020. The molecule has 1 unspecified atom stereocenters. The number of carbonyl (C=O) groups is 1. The molecule has 6 nitrogen and oxygen atoms in total. The Labute approximate surface area is 176 Å². The third-order valence-corrected chi connectivity index (χ3v) is 7.39. The van der Waals surface area contributed by atoms with E-state index in [1.807, 2.05) is 31.2 Å². The Morgan fingerprint density at radius 2 is 2.07 bits per heavy atom. The summed E-state index contributed by atoms with van der Waals surface area (Å²) in [5, 5.41) is 6.48. The van der Waals surface area contributed by atoms with Crippen LogP contribution in [0.3, 0.4) is 0 Å². The number of carbonyl (C=O) groups excluding carboxylic acids is 1. The standard InChI is InChI=1S/C18H19IN5OPS/c1-10-20-16-13(21-12-5-3-4-6-14(12)27-2)9-15(22-17(16)24(10)26-19)23-18(25)11-7-8-11/h3-6,9,11,26H,7-8H2,1-2H3,(H2,21,22,23,25). The summed E-state index contributed by atoms with van der Waals surface area (Å²) in [7, 11) is 0. The number of nitrogens with one attached hydrogen (secondary N) is 2. The largest absolute Gasteiger partial charge is 0.353 e. The smallest absolute Gasteiger partial charge is 0.228 e. The maximum absolute atomic E-state index is 12.2. The van der Waals surface area contributed by atoms with Gasteiger partial charge in [-0.2, -0.15) is 0 Å². The van der Waals surface area contributed by atoms with Crippen LogP contribution in [-0.2, 0) is 4.79 Å². The van der Waals surface area contributed by atoms with Gasteiger partial charge in [0.15, 0.2) is 5.65 Å². The van der Waals surface area contributed by atoms with E-state index >= 15 is 0 Å². The summed E-state index contributed by atoms with van der Waals surface area (Å²) in [5.41, 5.74) is 3.47. The number of imidazole rings is 1. The minimum absolute atomic E-state index is 0.0528. The highest BCUT2D eigenvalue weighted by molar-refractivity contribution is 14.2. The molecule has 1 aliphatic carbocycles. The van der Waals surface area contributed by atoms with Gasteiger partial charge in [-0.15, -0.1) is 11.8 Å². The Morgan fingerprint density at radius 3 is 2.78 bits per heavy atom. The lowest BCUT2D eigenvalue weighted by molar-refractivity contribution is -0.117. The Hall–Kier alpha value is -1.38. The molecule has 0 spiro atoms. The van der Waals surface area contributed by atoms with Gasteiger partial charge in [-0.25, -0.2) is 9.97 Å². The number of thioether (sulfide) groups is 1. The summed E-state index contributed by atoms with van der Waals surface area (Å²) < 4.78 is 2.08. The molecule has 1 atom stereocenters. The van der Waals surface area contributed by atoms with Crippen LogP contribution in [0.15, 0.2) is 35.2 Å². The Balaban J connectivity index is 1.80. The van der Waals surface area contributed by atoms with Crippen LogP contribution in [0.5, 0.6) is 0 Å². The van der Waals surface area contributed by atoms with Crippen molar-refractivity contribution >= 4 is 74.4 Å². The molecule has 1 fully saturated rings. The van der Waals surface area contributed by atoms with Gasteiger partial charge in [0, 0.05) is 16.9 Å². The Kier molecular flexibility index (Phi) is 5.57. The van der Waals surface area contributed by atoms with E-state index in [0.29, 0.717) is 12.2 Å². The van der Waals surface area contributed by atoms with Gasteiger partial charge < -0.3 is 10.6 Å². The van der Waals surface area contributed by atoms with Crippen LogP contribution >= 0.6 is 40.2 Å². The normalized spacial score (nSPS) is 14.2. The first-order chi connectivity index (χ1) is 13.1. The van der Waals surface area contributed by atoms with Crippen LogP contribution < -0.4 is 10.6 Å². The van der Waals surface area contributed by atoms with Crippen molar-refractivity contribution in [2.24, 2.45) is 5.92 Å². The molecular formula is C18H19IN5OPS. The first-order valence-corrected chi connectivity index (χ1v) is 13.9. The average Bonchev–Trinajstić information content (AvgIpc) is 3.46. The zero-order valence-corrected chi connectivity index (χ0v) is 18.9. The molecule has 0 aliphatic heterocycles. The second-order valence-corrected chi connectivity index (χ2v) is 9.31. The number of anilines is 3. The van der Waals surface area contributed by atoms with Crippen LogP contribution in [0.4, 0.5) is 17.2 Å². The highest BCUT2D eigenvalue weighted by Crippen LogP contribution is 2.37. The number of amides is 1. The highest BCUT2D eigenvalue weighted by atomic mass is 127. The third kappa shape index (κ3) is 3.93. The molecule has 1 aliphatic rings. The second kappa shape index (κ2) is 7.93. The van der Waals surface area contributed by atoms with Crippen molar-refractivity contribution in [2.75, 3.05) is 16.9 Å². The number of aromatic nitrogens is 3. The SMILES string of the molecule is CSc1ccccc1Nc1cc(NC(=O)C2CC2)nc2c1nc(C)n2PI.